The number of ether oxygens (including phenoxy) is 4. The molecule has 0 fully saturated rings. The quantitative estimate of drug-likeness (QED) is 0.114. The predicted octanol–water partition coefficient (Wildman–Crippen LogP) is 4.73. The van der Waals surface area contributed by atoms with Gasteiger partial charge in [-0.05, 0) is 51.7 Å². The Labute approximate surface area is 300 Å². The first-order valence-corrected chi connectivity index (χ1v) is 23.5. The highest BCUT2D eigenvalue weighted by atomic mass is 32.2. The number of carbonyl (C=O) groups is 2. The second-order valence-electron chi connectivity index (χ2n) is 12.9. The van der Waals surface area contributed by atoms with Crippen LogP contribution in [0.25, 0.3) is 0 Å². The molecule has 50 heavy (non-hydrogen) atoms. The molecule has 0 aliphatic heterocycles. The van der Waals surface area contributed by atoms with Gasteiger partial charge in [0, 0.05) is 43.2 Å². The van der Waals surface area contributed by atoms with Crippen molar-refractivity contribution in [2.75, 3.05) is 39.1 Å². The molecule has 1 N–H and O–H groups in total. The van der Waals surface area contributed by atoms with Crippen LogP contribution < -0.4 is 5.09 Å². The summed E-state index contributed by atoms with van der Waals surface area (Å²) in [6.07, 6.45) is 6.10. The summed E-state index contributed by atoms with van der Waals surface area (Å²) in [5, 5.41) is 2.97. The molecule has 0 aromatic heterocycles. The summed E-state index contributed by atoms with van der Waals surface area (Å²) in [4.78, 5) is 24.3. The average molecular weight is 774 g/mol. The van der Waals surface area contributed by atoms with Gasteiger partial charge in [0.25, 0.3) is 20.2 Å². The second kappa shape index (κ2) is 21.2. The molecule has 0 saturated heterocycles. The first-order valence-electron chi connectivity index (χ1n) is 17.3. The van der Waals surface area contributed by atoms with E-state index in [1.807, 2.05) is 34.6 Å². The number of hydrogen-bond donors (Lipinski definition) is 1. The van der Waals surface area contributed by atoms with Crippen LogP contribution in [0.1, 0.15) is 87.0 Å². The molecule has 2 rings (SSSR count). The van der Waals surface area contributed by atoms with Crippen LogP contribution in [0, 0.1) is 5.92 Å². The summed E-state index contributed by atoms with van der Waals surface area (Å²) in [6, 6.07) is -0.681. The Hall–Kier alpha value is -1.65. The molecule has 14 nitrogen and oxygen atoms in total. The molecule has 17 heteroatoms. The highest BCUT2D eigenvalue weighted by Crippen LogP contribution is 2.37. The van der Waals surface area contributed by atoms with Crippen LogP contribution in [0.15, 0.2) is 23.3 Å². The molecule has 2 aliphatic carbocycles. The normalized spacial score (nSPS) is 24.6. The van der Waals surface area contributed by atoms with E-state index in [9.17, 15) is 31.0 Å². The smallest absolute Gasteiger partial charge is 0.333 e. The van der Waals surface area contributed by atoms with E-state index in [1.54, 1.807) is 39.3 Å². The van der Waals surface area contributed by atoms with Gasteiger partial charge in [-0.2, -0.15) is 16.8 Å². The molecular weight excluding hydrogens is 713 g/mol. The Balaban J connectivity index is 0.000000506. The van der Waals surface area contributed by atoms with Gasteiger partial charge in [-0.1, -0.05) is 34.6 Å². The first-order chi connectivity index (χ1) is 23.1. The molecule has 0 saturated carbocycles. The van der Waals surface area contributed by atoms with Gasteiger partial charge < -0.3 is 23.5 Å². The fourth-order valence-electron chi connectivity index (χ4n) is 5.58. The van der Waals surface area contributed by atoms with Crippen molar-refractivity contribution in [3.8, 4) is 0 Å². The van der Waals surface area contributed by atoms with E-state index in [-0.39, 0.29) is 50.3 Å². The largest absolute Gasteiger partial charge is 0.463 e. The van der Waals surface area contributed by atoms with Crippen LogP contribution in [-0.4, -0.2) is 110 Å². The number of carbonyl (C=O) groups excluding carboxylic acids is 2. The van der Waals surface area contributed by atoms with Gasteiger partial charge in [-0.15, -0.1) is 0 Å². The molecule has 0 spiro atoms. The second-order valence-corrected chi connectivity index (χ2v) is 19.0. The minimum atomic E-state index is -3.80. The van der Waals surface area contributed by atoms with Gasteiger partial charge in [0.2, 0.25) is 0 Å². The van der Waals surface area contributed by atoms with Crippen molar-refractivity contribution < 1.29 is 58.3 Å². The summed E-state index contributed by atoms with van der Waals surface area (Å²) in [6.45, 7) is 16.9. The third-order valence-electron chi connectivity index (χ3n) is 8.08. The lowest BCUT2D eigenvalue weighted by atomic mass is 9.85. The number of rotatable bonds is 18. The van der Waals surface area contributed by atoms with Crippen molar-refractivity contribution in [3.63, 3.8) is 0 Å². The van der Waals surface area contributed by atoms with E-state index in [4.69, 9.17) is 27.3 Å². The topological polar surface area (TPSA) is 187 Å². The van der Waals surface area contributed by atoms with Gasteiger partial charge >= 0.3 is 11.9 Å². The molecule has 0 amide bonds. The summed E-state index contributed by atoms with van der Waals surface area (Å²) < 4.78 is 91.5. The van der Waals surface area contributed by atoms with Gasteiger partial charge in [-0.25, -0.2) is 9.59 Å². The Bertz CT molecular complexity index is 1420. The zero-order valence-corrected chi connectivity index (χ0v) is 34.0. The molecule has 0 bridgehead atoms. The first kappa shape index (κ1) is 46.4. The maximum absolute atomic E-state index is 12.4. The van der Waals surface area contributed by atoms with E-state index >= 15 is 0 Å². The highest BCUT2D eigenvalue weighted by Gasteiger charge is 2.41. The molecule has 292 valence electrons. The van der Waals surface area contributed by atoms with Crippen molar-refractivity contribution >= 4 is 39.5 Å². The molecule has 0 aromatic carbocycles. The Kier molecular flexibility index (Phi) is 19.6. The average Bonchev–Trinajstić information content (AvgIpc) is 3.00. The zero-order chi connectivity index (χ0) is 38.4. The van der Waals surface area contributed by atoms with Crippen LogP contribution in [0.2, 0.25) is 0 Å². The van der Waals surface area contributed by atoms with E-state index in [2.05, 4.69) is 5.09 Å². The Morgan fingerprint density at radius 2 is 1.12 bits per heavy atom. The van der Waals surface area contributed by atoms with Crippen molar-refractivity contribution in [2.45, 2.75) is 130 Å². The molecular formula is C33H60NO13PS2. The van der Waals surface area contributed by atoms with Crippen LogP contribution in [0.5, 0.6) is 0 Å². The van der Waals surface area contributed by atoms with Crippen LogP contribution >= 0.6 is 7.29 Å². The van der Waals surface area contributed by atoms with Crippen molar-refractivity contribution in [1.82, 2.24) is 5.09 Å². The van der Waals surface area contributed by atoms with Gasteiger partial charge in [0.05, 0.1) is 68.4 Å². The Morgan fingerprint density at radius 1 is 0.740 bits per heavy atom. The highest BCUT2D eigenvalue weighted by molar-refractivity contribution is 7.86. The van der Waals surface area contributed by atoms with Crippen LogP contribution in [-0.2, 0) is 61.7 Å². The van der Waals surface area contributed by atoms with Crippen molar-refractivity contribution in [2.24, 2.45) is 5.92 Å². The molecule has 2 aliphatic rings. The lowest BCUT2D eigenvalue weighted by molar-refractivity contribution is -0.140. The van der Waals surface area contributed by atoms with E-state index < -0.39 is 63.8 Å². The molecule has 0 unspecified atom stereocenters. The monoisotopic (exact) mass is 773 g/mol. The van der Waals surface area contributed by atoms with Crippen molar-refractivity contribution in [3.05, 3.63) is 23.3 Å². The zero-order valence-electron chi connectivity index (χ0n) is 31.5. The Morgan fingerprint density at radius 3 is 1.50 bits per heavy atom. The summed E-state index contributed by atoms with van der Waals surface area (Å²) >= 11 is 0. The third kappa shape index (κ3) is 16.8. The lowest BCUT2D eigenvalue weighted by Gasteiger charge is -2.38. The number of hydrogen-bond acceptors (Lipinski definition) is 13. The van der Waals surface area contributed by atoms with Crippen molar-refractivity contribution in [1.29, 1.82) is 0 Å². The van der Waals surface area contributed by atoms with Gasteiger partial charge in [0.1, 0.15) is 7.29 Å². The van der Waals surface area contributed by atoms with Gasteiger partial charge in [0.15, 0.2) is 0 Å². The van der Waals surface area contributed by atoms with Gasteiger partial charge in [-0.3, -0.25) is 13.5 Å². The van der Waals surface area contributed by atoms with Crippen LogP contribution in [0.3, 0.4) is 0 Å². The lowest BCUT2D eigenvalue weighted by Crippen LogP contribution is -2.52. The molecule has 6 atom stereocenters. The molecule has 0 heterocycles. The standard InChI is InChI=1S/C17H32NO7PS.C16H28O6S/c1-7-13(8-2)24-14-10-12(17(19)23-9-3)11-15(25-27(6,21)22)16(14)18-26(4,5)20;1-6-13(7-2)21-14-9-12(16(17)20-8-3)10-15(11(14)4)22-23(5,18)19/h10,13-16H,7-9,11H2,1-6H3,(H,18,20);9,11,13-15H,6-8,10H2,1-5H3/t14-,15-,16+;11-,14+,15+/m10/s1. The summed E-state index contributed by atoms with van der Waals surface area (Å²) in [5.41, 5.74) is 0.705. The SMILES string of the molecule is CCOC(=O)C1=C[C@@H](OC(CC)CC)[C@H](C)[C@H](OS(C)(=O)=O)C1.CCOC(=O)C1=C[C@@H](OC(CC)CC)[C@H](NP(C)(C)=O)[C@H](OS(C)(=O)=O)C1. The minimum absolute atomic E-state index is 0.0202. The van der Waals surface area contributed by atoms with E-state index in [1.165, 1.54) is 0 Å². The number of esters is 2. The summed E-state index contributed by atoms with van der Waals surface area (Å²) in [7, 11) is -10.2. The molecule has 0 radical (unpaired) electrons. The number of nitrogens with one attached hydrogen (secondary N) is 1. The fourth-order valence-corrected chi connectivity index (χ4v) is 7.94. The van der Waals surface area contributed by atoms with E-state index in [0.29, 0.717) is 11.1 Å². The summed E-state index contributed by atoms with van der Waals surface area (Å²) in [5.74, 6) is -1.16. The fraction of sp³-hybridized carbons (Fsp3) is 0.818. The third-order valence-corrected chi connectivity index (χ3v) is 10.2. The maximum atomic E-state index is 12.4. The minimum Gasteiger partial charge on any atom is -0.463 e. The molecule has 0 aromatic rings. The predicted molar refractivity (Wildman–Crippen MR) is 192 cm³/mol. The van der Waals surface area contributed by atoms with Crippen LogP contribution in [0.4, 0.5) is 0 Å². The maximum Gasteiger partial charge on any atom is 0.333 e. The van der Waals surface area contributed by atoms with E-state index in [0.717, 1.165) is 38.2 Å².